The zero-order chi connectivity index (χ0) is 24.2. The molecule has 2 unspecified atom stereocenters. The summed E-state index contributed by atoms with van der Waals surface area (Å²) in [5, 5.41) is 9.30. The molecule has 0 saturated carbocycles. The lowest BCUT2D eigenvalue weighted by molar-refractivity contribution is -0.0297. The first-order valence-corrected chi connectivity index (χ1v) is 11.3. The third-order valence-electron chi connectivity index (χ3n) is 5.58. The van der Waals surface area contributed by atoms with E-state index in [1.807, 2.05) is 31.7 Å². The Hall–Kier alpha value is -3.71. The van der Waals surface area contributed by atoms with Gasteiger partial charge in [-0.2, -0.15) is 10.2 Å². The molecule has 0 spiro atoms. The summed E-state index contributed by atoms with van der Waals surface area (Å²) in [5.74, 6) is 1.63. The van der Waals surface area contributed by atoms with Crippen LogP contribution in [0.1, 0.15) is 32.9 Å². The molecule has 10 heteroatoms. The predicted octanol–water partition coefficient (Wildman–Crippen LogP) is 2.45. The highest BCUT2D eigenvalue weighted by atomic mass is 16.5. The van der Waals surface area contributed by atoms with Gasteiger partial charge in [-0.15, -0.1) is 0 Å². The minimum absolute atomic E-state index is 0.0680. The number of nitrogens with zero attached hydrogens (tertiary/aromatic N) is 6. The van der Waals surface area contributed by atoms with E-state index >= 15 is 0 Å². The van der Waals surface area contributed by atoms with Crippen LogP contribution in [0.4, 0.5) is 5.82 Å². The van der Waals surface area contributed by atoms with Crippen LogP contribution in [-0.2, 0) is 11.8 Å². The fraction of sp³-hybridized carbons (Fsp3) is 0.458. The van der Waals surface area contributed by atoms with Gasteiger partial charge in [0.15, 0.2) is 5.82 Å². The van der Waals surface area contributed by atoms with Crippen LogP contribution >= 0.6 is 0 Å². The molecule has 3 aromatic heterocycles. The first-order chi connectivity index (χ1) is 16.4. The molecule has 0 aliphatic carbocycles. The number of rotatable bonds is 7. The highest BCUT2D eigenvalue weighted by Crippen LogP contribution is 2.27. The maximum absolute atomic E-state index is 12.5. The first-order valence-electron chi connectivity index (χ1n) is 11.3. The van der Waals surface area contributed by atoms with E-state index in [-0.39, 0.29) is 29.7 Å². The number of piperidine rings is 1. The Kier molecular flexibility index (Phi) is 6.93. The van der Waals surface area contributed by atoms with Gasteiger partial charge in [-0.05, 0) is 39.0 Å². The van der Waals surface area contributed by atoms with Gasteiger partial charge in [-0.3, -0.25) is 4.57 Å². The third kappa shape index (κ3) is 4.94. The molecule has 3 aromatic rings. The summed E-state index contributed by atoms with van der Waals surface area (Å²) in [6, 6.07) is 9.00. The molecular formula is C24H28N6O4. The van der Waals surface area contributed by atoms with E-state index in [0.29, 0.717) is 54.6 Å². The highest BCUT2D eigenvalue weighted by molar-refractivity contribution is 5.86. The van der Waals surface area contributed by atoms with Gasteiger partial charge in [0.25, 0.3) is 0 Å². The van der Waals surface area contributed by atoms with Crippen molar-refractivity contribution in [2.45, 2.75) is 45.5 Å². The van der Waals surface area contributed by atoms with Crippen molar-refractivity contribution < 1.29 is 14.2 Å². The smallest absolute Gasteiger partial charge is 0.349 e. The molecule has 1 aliphatic rings. The maximum atomic E-state index is 12.5. The molecule has 1 saturated heterocycles. The van der Waals surface area contributed by atoms with Crippen LogP contribution in [0.5, 0.6) is 11.6 Å². The molecule has 34 heavy (non-hydrogen) atoms. The summed E-state index contributed by atoms with van der Waals surface area (Å²) in [6.45, 7) is 7.40. The number of hydrogen-bond donors (Lipinski definition) is 0. The Labute approximate surface area is 197 Å². The molecule has 0 N–H and O–H groups in total. The molecule has 0 aromatic carbocycles. The molecule has 2 atom stereocenters. The Morgan fingerprint density at radius 2 is 2.03 bits per heavy atom. The summed E-state index contributed by atoms with van der Waals surface area (Å²) in [7, 11) is 1.64. The van der Waals surface area contributed by atoms with E-state index in [2.05, 4.69) is 21.0 Å². The number of fused-ring (bicyclic) bond motifs is 1. The number of hydrogen-bond acceptors (Lipinski definition) is 9. The van der Waals surface area contributed by atoms with Gasteiger partial charge in [-0.25, -0.2) is 14.8 Å². The van der Waals surface area contributed by atoms with E-state index in [4.69, 9.17) is 14.2 Å². The fourth-order valence-corrected chi connectivity index (χ4v) is 4.02. The molecule has 4 heterocycles. The Morgan fingerprint density at radius 3 is 2.71 bits per heavy atom. The van der Waals surface area contributed by atoms with E-state index in [9.17, 15) is 10.1 Å². The Balaban J connectivity index is 1.58. The summed E-state index contributed by atoms with van der Waals surface area (Å²) in [5.41, 5.74) is 1.02. The van der Waals surface area contributed by atoms with Crippen molar-refractivity contribution in [3.63, 3.8) is 0 Å². The van der Waals surface area contributed by atoms with Crippen molar-refractivity contribution >= 4 is 16.9 Å². The molecule has 0 amide bonds. The quantitative estimate of drug-likeness (QED) is 0.520. The number of anilines is 1. The van der Waals surface area contributed by atoms with Gasteiger partial charge >= 0.3 is 5.69 Å². The second-order valence-corrected chi connectivity index (χ2v) is 8.34. The monoisotopic (exact) mass is 464 g/mol. The average molecular weight is 465 g/mol. The number of nitriles is 1. The van der Waals surface area contributed by atoms with Crippen molar-refractivity contribution in [1.82, 2.24) is 19.5 Å². The van der Waals surface area contributed by atoms with Crippen molar-refractivity contribution in [2.75, 3.05) is 24.6 Å². The Morgan fingerprint density at radius 1 is 1.21 bits per heavy atom. The maximum Gasteiger partial charge on any atom is 0.349 e. The van der Waals surface area contributed by atoms with Crippen LogP contribution in [0.25, 0.3) is 11.0 Å². The molecule has 1 aliphatic heterocycles. The van der Waals surface area contributed by atoms with Gasteiger partial charge in [0.2, 0.25) is 5.88 Å². The molecule has 178 valence electrons. The van der Waals surface area contributed by atoms with E-state index in [1.165, 1.54) is 4.57 Å². The zero-order valence-corrected chi connectivity index (χ0v) is 19.8. The SMILES string of the molecule is CCOC1CN(c2nc(=O)n(C)c3ccc(C#N)nc23)CCC1Oc1ccc(OC(C)C)cn1. The summed E-state index contributed by atoms with van der Waals surface area (Å²) in [4.78, 5) is 27.6. The van der Waals surface area contributed by atoms with E-state index < -0.39 is 0 Å². The van der Waals surface area contributed by atoms with Crippen LogP contribution in [0, 0.1) is 11.3 Å². The van der Waals surface area contributed by atoms with Crippen molar-refractivity contribution in [2.24, 2.45) is 7.05 Å². The first kappa shape index (κ1) is 23.4. The molecule has 10 nitrogen and oxygen atoms in total. The topological polar surface area (TPSA) is 115 Å². The van der Waals surface area contributed by atoms with Gasteiger partial charge in [0, 0.05) is 39.2 Å². The largest absolute Gasteiger partial charge is 0.489 e. The van der Waals surface area contributed by atoms with E-state index in [1.54, 1.807) is 31.4 Å². The molecule has 1 fully saturated rings. The van der Waals surface area contributed by atoms with Crippen molar-refractivity contribution in [3.05, 3.63) is 46.6 Å². The van der Waals surface area contributed by atoms with Crippen LogP contribution in [-0.4, -0.2) is 57.5 Å². The van der Waals surface area contributed by atoms with Crippen LogP contribution < -0.4 is 20.1 Å². The predicted molar refractivity (Wildman–Crippen MR) is 126 cm³/mol. The van der Waals surface area contributed by atoms with Gasteiger partial charge in [0.1, 0.15) is 35.2 Å². The molecule has 0 bridgehead atoms. The molecular weight excluding hydrogens is 436 g/mol. The Bertz CT molecular complexity index is 1250. The third-order valence-corrected chi connectivity index (χ3v) is 5.58. The minimum Gasteiger partial charge on any atom is -0.489 e. The second kappa shape index (κ2) is 10.1. The van der Waals surface area contributed by atoms with Crippen molar-refractivity contribution in [3.8, 4) is 17.7 Å². The van der Waals surface area contributed by atoms with Gasteiger partial charge < -0.3 is 19.1 Å². The molecule has 4 rings (SSSR count). The van der Waals surface area contributed by atoms with Gasteiger partial charge in [-0.1, -0.05) is 0 Å². The normalized spacial score (nSPS) is 18.2. The van der Waals surface area contributed by atoms with Crippen LogP contribution in [0.3, 0.4) is 0 Å². The standard InChI is InChI=1S/C24H28N6O4/c1-5-32-20-14-30(11-10-19(20)34-21-9-7-17(13-26-21)33-15(2)3)23-22-18(29(4)24(31)28-23)8-6-16(12-25)27-22/h6-9,13,15,19-20H,5,10-11,14H2,1-4H3. The van der Waals surface area contributed by atoms with Crippen molar-refractivity contribution in [1.29, 1.82) is 5.26 Å². The zero-order valence-electron chi connectivity index (χ0n) is 19.8. The summed E-state index contributed by atoms with van der Waals surface area (Å²) in [6.07, 6.45) is 1.85. The minimum atomic E-state index is -0.381. The van der Waals surface area contributed by atoms with Gasteiger partial charge in [0.05, 0.1) is 17.8 Å². The number of aryl methyl sites for hydroxylation is 1. The number of pyridine rings is 2. The lowest BCUT2D eigenvalue weighted by Gasteiger charge is -2.38. The number of aromatic nitrogens is 4. The van der Waals surface area contributed by atoms with Crippen LogP contribution in [0.15, 0.2) is 35.3 Å². The summed E-state index contributed by atoms with van der Waals surface area (Å²) >= 11 is 0. The molecule has 0 radical (unpaired) electrons. The summed E-state index contributed by atoms with van der Waals surface area (Å²) < 4.78 is 19.2. The van der Waals surface area contributed by atoms with E-state index in [0.717, 1.165) is 0 Å². The lowest BCUT2D eigenvalue weighted by atomic mass is 10.0. The highest BCUT2D eigenvalue weighted by Gasteiger charge is 2.33. The second-order valence-electron chi connectivity index (χ2n) is 8.34. The lowest BCUT2D eigenvalue weighted by Crippen LogP contribution is -2.51. The number of ether oxygens (including phenoxy) is 3. The fourth-order valence-electron chi connectivity index (χ4n) is 4.02. The van der Waals surface area contributed by atoms with Crippen LogP contribution in [0.2, 0.25) is 0 Å². The average Bonchev–Trinajstić information content (AvgIpc) is 2.83.